The minimum atomic E-state index is -5.98. The maximum absolute atomic E-state index is 12.0. The minimum Gasteiger partial charge on any atom is -0.387 e. The van der Waals surface area contributed by atoms with Crippen LogP contribution in [-0.2, 0) is 29.5 Å². The summed E-state index contributed by atoms with van der Waals surface area (Å²) in [5.74, 6) is 0.382. The van der Waals surface area contributed by atoms with Gasteiger partial charge in [-0.05, 0) is 5.56 Å². The highest BCUT2D eigenvalue weighted by atomic mass is 32.5. The number of nitrogens with one attached hydrogen (secondary N) is 1. The van der Waals surface area contributed by atoms with Crippen molar-refractivity contribution in [2.45, 2.75) is 31.1 Å². The molecule has 1 aliphatic rings. The molecule has 36 heavy (non-hydrogen) atoms. The molecule has 16 nitrogen and oxygen atoms in total. The molecule has 1 aliphatic heterocycles. The molecule has 7 N–H and O–H groups in total. The molecule has 0 bridgehead atoms. The molecule has 6 unspecified atom stereocenters. The number of hydrogen-bond acceptors (Lipinski definition) is 11. The van der Waals surface area contributed by atoms with Gasteiger partial charge in [0.2, 0.25) is 0 Å². The van der Waals surface area contributed by atoms with E-state index in [9.17, 15) is 33.7 Å². The van der Waals surface area contributed by atoms with Crippen molar-refractivity contribution in [1.29, 1.82) is 0 Å². The van der Waals surface area contributed by atoms with Crippen LogP contribution in [0.3, 0.4) is 0 Å². The third kappa shape index (κ3) is 5.03. The molecule has 0 saturated carbocycles. The summed E-state index contributed by atoms with van der Waals surface area (Å²) in [7, 11) is -11.6. The molecule has 4 rings (SSSR count). The highest BCUT2D eigenvalue weighted by molar-refractivity contribution is 8.60. The summed E-state index contributed by atoms with van der Waals surface area (Å²) in [5, 5.41) is 24.0. The lowest BCUT2D eigenvalue weighted by Crippen LogP contribution is -2.33. The zero-order valence-corrected chi connectivity index (χ0v) is 20.8. The van der Waals surface area contributed by atoms with E-state index in [1.807, 2.05) is 30.3 Å². The van der Waals surface area contributed by atoms with Crippen LogP contribution in [0.2, 0.25) is 0 Å². The van der Waals surface area contributed by atoms with Crippen LogP contribution in [0.25, 0.3) is 11.2 Å². The molecule has 1 saturated heterocycles. The van der Waals surface area contributed by atoms with Crippen molar-refractivity contribution >= 4 is 38.3 Å². The lowest BCUT2D eigenvalue weighted by atomic mass is 10.1. The van der Waals surface area contributed by atoms with Gasteiger partial charge in [0, 0.05) is 6.54 Å². The first kappa shape index (κ1) is 27.0. The molecule has 1 fully saturated rings. The fourth-order valence-corrected chi connectivity index (χ4v) is 8.87. The average Bonchev–Trinajstić information content (AvgIpc) is 3.37. The van der Waals surface area contributed by atoms with Gasteiger partial charge in [0.1, 0.15) is 24.6 Å². The highest BCUT2D eigenvalue weighted by Gasteiger charge is 2.58. The Balaban J connectivity index is 1.51. The molecule has 3 aromatic rings. The van der Waals surface area contributed by atoms with Gasteiger partial charge >= 0.3 is 21.3 Å². The van der Waals surface area contributed by atoms with Crippen LogP contribution >= 0.6 is 21.3 Å². The number of fused-ring (bicyclic) bond motifs is 1. The summed E-state index contributed by atoms with van der Waals surface area (Å²) in [6.07, 6.45) is -3.64. The fraction of sp³-hybridized carbons (Fsp3) is 0.353. The Morgan fingerprint density at radius 2 is 1.69 bits per heavy atom. The van der Waals surface area contributed by atoms with E-state index in [1.165, 1.54) is 17.2 Å². The Bertz CT molecular complexity index is 1380. The van der Waals surface area contributed by atoms with Gasteiger partial charge in [-0.15, -0.1) is 0 Å². The third-order valence-corrected chi connectivity index (χ3v) is 15.7. The monoisotopic (exact) mass is 565 g/mol. The van der Waals surface area contributed by atoms with E-state index >= 15 is 0 Å². The van der Waals surface area contributed by atoms with Crippen molar-refractivity contribution in [1.82, 2.24) is 19.5 Å². The summed E-state index contributed by atoms with van der Waals surface area (Å²) in [5.41, 5.74) is 1.52. The van der Waals surface area contributed by atoms with Crippen LogP contribution in [0, 0.1) is 0 Å². The summed E-state index contributed by atoms with van der Waals surface area (Å²) in [6.45, 7) is -6.59. The van der Waals surface area contributed by atoms with E-state index < -0.39 is 52.5 Å². The van der Waals surface area contributed by atoms with E-state index in [0.717, 1.165) is 5.56 Å². The molecule has 1 aromatic carbocycles. The van der Waals surface area contributed by atoms with E-state index in [4.69, 9.17) is 14.5 Å². The summed E-state index contributed by atoms with van der Waals surface area (Å²) in [4.78, 5) is 49.4. The summed E-state index contributed by atoms with van der Waals surface area (Å²) >= 11 is 0. The van der Waals surface area contributed by atoms with Gasteiger partial charge in [0.15, 0.2) is 23.2 Å². The molecular weight excluding hydrogens is 543 g/mol. The van der Waals surface area contributed by atoms with Crippen molar-refractivity contribution in [2.24, 2.45) is 0 Å². The normalized spacial score (nSPS) is 25.9. The number of ether oxygens (including phenoxy) is 1. The molecule has 3 heterocycles. The predicted octanol–water partition coefficient (Wildman–Crippen LogP) is 0.538. The van der Waals surface area contributed by atoms with Gasteiger partial charge in [-0.25, -0.2) is 24.1 Å². The maximum Gasteiger partial charge on any atom is 0.422 e. The first-order chi connectivity index (χ1) is 16.8. The number of imidazole rings is 1. The number of anilines is 1. The Morgan fingerprint density at radius 3 is 2.36 bits per heavy atom. The fourth-order valence-electron chi connectivity index (χ4n) is 3.44. The van der Waals surface area contributed by atoms with E-state index in [-0.39, 0.29) is 5.65 Å². The number of hydrogen-bond donors (Lipinski definition) is 7. The van der Waals surface area contributed by atoms with Gasteiger partial charge in [0.05, 0.1) is 12.9 Å². The molecule has 196 valence electrons. The van der Waals surface area contributed by atoms with Gasteiger partial charge in [-0.2, -0.15) is 0 Å². The van der Waals surface area contributed by atoms with Crippen LogP contribution < -0.4 is 5.32 Å². The van der Waals surface area contributed by atoms with Crippen molar-refractivity contribution in [3.05, 3.63) is 48.5 Å². The molecule has 0 aliphatic carbocycles. The van der Waals surface area contributed by atoms with Crippen LogP contribution in [-0.4, -0.2) is 74.2 Å². The van der Waals surface area contributed by atoms with E-state index in [1.54, 1.807) is 0 Å². The quantitative estimate of drug-likeness (QED) is 0.175. The average molecular weight is 565 g/mol. The molecule has 0 spiro atoms. The number of benzene rings is 1. The Hall–Kier alpha value is -2.06. The van der Waals surface area contributed by atoms with Crippen molar-refractivity contribution in [3.63, 3.8) is 0 Å². The predicted molar refractivity (Wildman–Crippen MR) is 123 cm³/mol. The molecule has 0 amide bonds. The zero-order valence-electron chi connectivity index (χ0n) is 18.1. The largest absolute Gasteiger partial charge is 0.422 e. The SMILES string of the molecule is O=P(O)(O)P(=O)(O)P(=O)(O)OCC1OC(n2cnc3c(NCc4ccccc4)ncnc32)C(O)C1O. The van der Waals surface area contributed by atoms with Crippen LogP contribution in [0.1, 0.15) is 11.8 Å². The van der Waals surface area contributed by atoms with E-state index in [0.29, 0.717) is 17.9 Å². The molecular formula is C17H22N5O11P3. The van der Waals surface area contributed by atoms with Crippen molar-refractivity contribution < 1.29 is 52.7 Å². The highest BCUT2D eigenvalue weighted by Crippen LogP contribution is 2.94. The third-order valence-electron chi connectivity index (χ3n) is 5.35. The topological polar surface area (TPSA) is 247 Å². The molecule has 0 radical (unpaired) electrons. The van der Waals surface area contributed by atoms with Gasteiger partial charge < -0.3 is 39.8 Å². The Labute approximate surface area is 202 Å². The summed E-state index contributed by atoms with van der Waals surface area (Å²) in [6, 6.07) is 9.47. The van der Waals surface area contributed by atoms with Gasteiger partial charge in [-0.3, -0.25) is 13.7 Å². The first-order valence-corrected chi connectivity index (χ1v) is 16.4. The van der Waals surface area contributed by atoms with Crippen LogP contribution in [0.5, 0.6) is 0 Å². The second-order valence-electron chi connectivity index (χ2n) is 7.74. The molecule has 19 heteroatoms. The number of nitrogens with zero attached hydrogens (tertiary/aromatic N) is 4. The molecule has 6 atom stereocenters. The lowest BCUT2D eigenvalue weighted by Gasteiger charge is -2.21. The second-order valence-corrected chi connectivity index (χ2v) is 18.3. The first-order valence-electron chi connectivity index (χ1n) is 10.2. The van der Waals surface area contributed by atoms with E-state index in [2.05, 4.69) is 24.8 Å². The zero-order chi connectivity index (χ0) is 26.3. The molecule has 2 aromatic heterocycles. The van der Waals surface area contributed by atoms with Crippen molar-refractivity contribution in [2.75, 3.05) is 11.9 Å². The van der Waals surface area contributed by atoms with Crippen molar-refractivity contribution in [3.8, 4) is 0 Å². The van der Waals surface area contributed by atoms with Gasteiger partial charge in [-0.1, -0.05) is 30.3 Å². The number of aliphatic hydroxyl groups is 2. The lowest BCUT2D eigenvalue weighted by molar-refractivity contribution is -0.0480. The smallest absolute Gasteiger partial charge is 0.387 e. The number of aliphatic hydroxyl groups excluding tert-OH is 2. The summed E-state index contributed by atoms with van der Waals surface area (Å²) < 4.78 is 46.1. The number of rotatable bonds is 9. The van der Waals surface area contributed by atoms with Gasteiger partial charge in [0.25, 0.3) is 0 Å². The van der Waals surface area contributed by atoms with Crippen LogP contribution in [0.15, 0.2) is 43.0 Å². The Kier molecular flexibility index (Phi) is 7.50. The Morgan fingerprint density at radius 1 is 1.00 bits per heavy atom. The van der Waals surface area contributed by atoms with Crippen LogP contribution in [0.4, 0.5) is 5.82 Å². The standard InChI is InChI=1S/C17H22N5O11P3/c23-13-11(7-32-35(28,29)36(30,31)34(25,26)27)33-17(14(13)24)22-9-21-12-15(19-8-20-16(12)22)18-6-10-4-2-1-3-5-10/h1-5,8-9,11,13-14,17,23-24H,6-7H2,(H,28,29)(H,30,31)(H,18,19,20)(H2,25,26,27). The maximum atomic E-state index is 12.0. The number of aromatic nitrogens is 4. The second kappa shape index (κ2) is 10.0. The minimum absolute atomic E-state index is 0.215.